The highest BCUT2D eigenvalue weighted by atomic mass is 32.2. The molecule has 0 aromatic heterocycles. The minimum atomic E-state index is 0.210. The van der Waals surface area contributed by atoms with Gasteiger partial charge in [0.1, 0.15) is 0 Å². The van der Waals surface area contributed by atoms with E-state index in [1.807, 2.05) is 0 Å². The molecule has 0 aliphatic carbocycles. The van der Waals surface area contributed by atoms with E-state index in [0.29, 0.717) is 0 Å². The minimum absolute atomic E-state index is 0.210. The van der Waals surface area contributed by atoms with E-state index in [0.717, 1.165) is 25.6 Å². The third-order valence-electron chi connectivity index (χ3n) is 4.05. The molecule has 0 amide bonds. The molecular weight excluding hydrogens is 276 g/mol. The van der Waals surface area contributed by atoms with Crippen LogP contribution in [0.4, 0.5) is 0 Å². The van der Waals surface area contributed by atoms with Crippen LogP contribution in [0, 0.1) is 0 Å². The van der Waals surface area contributed by atoms with Gasteiger partial charge < -0.3 is 5.32 Å². The van der Waals surface area contributed by atoms with E-state index in [-0.39, 0.29) is 5.54 Å². The second-order valence-corrected chi connectivity index (χ2v) is 8.33. The van der Waals surface area contributed by atoms with Crippen LogP contribution in [-0.2, 0) is 13.0 Å². The van der Waals surface area contributed by atoms with Crippen LogP contribution in [-0.4, -0.2) is 41.6 Å². The lowest BCUT2D eigenvalue weighted by atomic mass is 10.1. The molecule has 3 heteroatoms. The van der Waals surface area contributed by atoms with Crippen LogP contribution in [0.5, 0.6) is 0 Å². The Labute approximate surface area is 134 Å². The summed E-state index contributed by atoms with van der Waals surface area (Å²) in [6.07, 6.45) is 2.45. The number of hydrogen-bond acceptors (Lipinski definition) is 3. The van der Waals surface area contributed by atoms with E-state index in [1.165, 1.54) is 29.1 Å². The van der Waals surface area contributed by atoms with Crippen LogP contribution in [0.2, 0.25) is 0 Å². The smallest absolute Gasteiger partial charge is 0.0233 e. The normalized spacial score (nSPS) is 19.4. The van der Waals surface area contributed by atoms with Crippen LogP contribution in [0.1, 0.15) is 38.3 Å². The molecule has 1 aliphatic rings. The number of hydrogen-bond donors (Lipinski definition) is 1. The fourth-order valence-corrected chi connectivity index (χ4v) is 3.98. The number of benzene rings is 1. The summed E-state index contributed by atoms with van der Waals surface area (Å²) in [6.45, 7) is 8.77. The first kappa shape index (κ1) is 16.9. The first-order valence-corrected chi connectivity index (χ1v) is 9.20. The summed E-state index contributed by atoms with van der Waals surface area (Å²) in [4.78, 5) is 2.51. The molecule has 0 spiro atoms. The van der Waals surface area contributed by atoms with Crippen molar-refractivity contribution in [2.45, 2.75) is 51.7 Å². The largest absolute Gasteiger partial charge is 0.312 e. The number of thioether (sulfide) groups is 1. The van der Waals surface area contributed by atoms with Crippen molar-refractivity contribution >= 4 is 11.8 Å². The van der Waals surface area contributed by atoms with E-state index in [4.69, 9.17) is 0 Å². The van der Waals surface area contributed by atoms with E-state index in [9.17, 15) is 0 Å². The molecule has 1 atom stereocenters. The molecule has 1 aromatic rings. The lowest BCUT2D eigenvalue weighted by molar-refractivity contribution is 0.254. The summed E-state index contributed by atoms with van der Waals surface area (Å²) in [5.74, 6) is 2.63. The van der Waals surface area contributed by atoms with Crippen molar-refractivity contribution < 1.29 is 0 Å². The maximum Gasteiger partial charge on any atom is 0.0233 e. The van der Waals surface area contributed by atoms with E-state index in [1.54, 1.807) is 0 Å². The fourth-order valence-electron chi connectivity index (χ4n) is 2.68. The summed E-state index contributed by atoms with van der Waals surface area (Å²) in [5, 5.41) is 3.54. The van der Waals surface area contributed by atoms with Gasteiger partial charge in [-0.2, -0.15) is 11.8 Å². The molecule has 1 aliphatic heterocycles. The van der Waals surface area contributed by atoms with Crippen molar-refractivity contribution in [2.75, 3.05) is 25.1 Å². The van der Waals surface area contributed by atoms with Crippen LogP contribution < -0.4 is 5.32 Å². The molecule has 118 valence electrons. The van der Waals surface area contributed by atoms with Crippen LogP contribution in [0.3, 0.4) is 0 Å². The van der Waals surface area contributed by atoms with Crippen molar-refractivity contribution in [3.63, 3.8) is 0 Å². The molecule has 1 heterocycles. The Morgan fingerprint density at radius 2 is 1.86 bits per heavy atom. The van der Waals surface area contributed by atoms with Crippen molar-refractivity contribution in [3.8, 4) is 0 Å². The Morgan fingerprint density at radius 1 is 1.19 bits per heavy atom. The average Bonchev–Trinajstić information content (AvgIpc) is 2.93. The Bertz CT molecular complexity index is 416. The molecule has 2 nitrogen and oxygen atoms in total. The Kier molecular flexibility index (Phi) is 6.15. The predicted octanol–water partition coefficient (Wildman–Crippen LogP) is 3.55. The van der Waals surface area contributed by atoms with Crippen molar-refractivity contribution in [3.05, 3.63) is 35.4 Å². The standard InChI is InChI=1S/C18H30N2S/c1-18(2,3)19-11-9-15-5-7-16(8-6-15)13-20(4)17-10-12-21-14-17/h5-8,17,19H,9-14H2,1-4H3. The maximum atomic E-state index is 3.54. The molecule has 0 saturated carbocycles. The first-order chi connectivity index (χ1) is 9.94. The SMILES string of the molecule is CN(Cc1ccc(CCNC(C)(C)C)cc1)C1CCSC1. The second kappa shape index (κ2) is 7.66. The molecule has 1 unspecified atom stereocenters. The maximum absolute atomic E-state index is 3.54. The molecule has 2 rings (SSSR count). The molecule has 1 N–H and O–H groups in total. The predicted molar refractivity (Wildman–Crippen MR) is 95.1 cm³/mol. The van der Waals surface area contributed by atoms with Gasteiger partial charge in [-0.15, -0.1) is 0 Å². The first-order valence-electron chi connectivity index (χ1n) is 8.05. The third kappa shape index (κ3) is 6.01. The fraction of sp³-hybridized carbons (Fsp3) is 0.667. The van der Waals surface area contributed by atoms with E-state index < -0.39 is 0 Å². The topological polar surface area (TPSA) is 15.3 Å². The minimum Gasteiger partial charge on any atom is -0.312 e. The number of nitrogens with one attached hydrogen (secondary N) is 1. The van der Waals surface area contributed by atoms with Gasteiger partial charge in [-0.25, -0.2) is 0 Å². The summed E-state index contributed by atoms with van der Waals surface area (Å²) in [7, 11) is 2.26. The van der Waals surface area contributed by atoms with Crippen LogP contribution in [0.25, 0.3) is 0 Å². The third-order valence-corrected chi connectivity index (χ3v) is 5.20. The van der Waals surface area contributed by atoms with Crippen molar-refractivity contribution in [2.24, 2.45) is 0 Å². The summed E-state index contributed by atoms with van der Waals surface area (Å²) in [5.41, 5.74) is 3.07. The second-order valence-electron chi connectivity index (χ2n) is 7.18. The van der Waals surface area contributed by atoms with Gasteiger partial charge in [0.05, 0.1) is 0 Å². The highest BCUT2D eigenvalue weighted by Crippen LogP contribution is 2.22. The van der Waals surface area contributed by atoms with Gasteiger partial charge in [0, 0.05) is 23.9 Å². The van der Waals surface area contributed by atoms with Gasteiger partial charge in [-0.3, -0.25) is 4.90 Å². The quantitative estimate of drug-likeness (QED) is 0.865. The monoisotopic (exact) mass is 306 g/mol. The summed E-state index contributed by atoms with van der Waals surface area (Å²) < 4.78 is 0. The van der Waals surface area contributed by atoms with Gasteiger partial charge >= 0.3 is 0 Å². The molecule has 1 fully saturated rings. The molecule has 0 radical (unpaired) electrons. The zero-order chi connectivity index (χ0) is 15.3. The zero-order valence-corrected chi connectivity index (χ0v) is 14.8. The van der Waals surface area contributed by atoms with Crippen molar-refractivity contribution in [1.82, 2.24) is 10.2 Å². The van der Waals surface area contributed by atoms with Crippen LogP contribution >= 0.6 is 11.8 Å². The van der Waals surface area contributed by atoms with Crippen LogP contribution in [0.15, 0.2) is 24.3 Å². The Morgan fingerprint density at radius 3 is 2.43 bits per heavy atom. The number of rotatable bonds is 6. The highest BCUT2D eigenvalue weighted by Gasteiger charge is 2.19. The van der Waals surface area contributed by atoms with Crippen molar-refractivity contribution in [1.29, 1.82) is 0 Å². The molecule has 1 aromatic carbocycles. The number of nitrogens with zero attached hydrogens (tertiary/aromatic N) is 1. The van der Waals surface area contributed by atoms with E-state index >= 15 is 0 Å². The highest BCUT2D eigenvalue weighted by molar-refractivity contribution is 7.99. The van der Waals surface area contributed by atoms with Gasteiger partial charge in [0.15, 0.2) is 0 Å². The zero-order valence-electron chi connectivity index (χ0n) is 14.0. The lowest BCUT2D eigenvalue weighted by Gasteiger charge is -2.23. The Hall–Kier alpha value is -0.510. The lowest BCUT2D eigenvalue weighted by Crippen LogP contribution is -2.37. The van der Waals surface area contributed by atoms with Gasteiger partial charge in [-0.05, 0) is 64.1 Å². The molecular formula is C18H30N2S. The average molecular weight is 307 g/mol. The molecule has 0 bridgehead atoms. The summed E-state index contributed by atoms with van der Waals surface area (Å²) in [6, 6.07) is 9.94. The molecule has 1 saturated heterocycles. The van der Waals surface area contributed by atoms with Gasteiger partial charge in [0.25, 0.3) is 0 Å². The van der Waals surface area contributed by atoms with Gasteiger partial charge in [0.2, 0.25) is 0 Å². The molecule has 21 heavy (non-hydrogen) atoms. The van der Waals surface area contributed by atoms with Gasteiger partial charge in [-0.1, -0.05) is 24.3 Å². The Balaban J connectivity index is 1.78. The van der Waals surface area contributed by atoms with E-state index in [2.05, 4.69) is 74.1 Å². The summed E-state index contributed by atoms with van der Waals surface area (Å²) >= 11 is 2.09.